The average molecular weight is 401 g/mol. The fourth-order valence-corrected chi connectivity index (χ4v) is 7.94. The predicted octanol–water partition coefficient (Wildman–Crippen LogP) is 7.63. The van der Waals surface area contributed by atoms with Crippen molar-refractivity contribution in [2.45, 2.75) is 111 Å². The molecule has 2 heteroatoms. The molecule has 0 N–H and O–H groups in total. The lowest BCUT2D eigenvalue weighted by atomic mass is 9.46. The number of hydrogen-bond donors (Lipinski definition) is 0. The molecule has 4 fully saturated rings. The van der Waals surface area contributed by atoms with Crippen LogP contribution in [0.5, 0.6) is 0 Å². The smallest absolute Gasteiger partial charge is 0.306 e. The van der Waals surface area contributed by atoms with Crippen molar-refractivity contribution in [1.82, 2.24) is 0 Å². The Labute approximate surface area is 179 Å². The van der Waals surface area contributed by atoms with Crippen LogP contribution in [0.15, 0.2) is 23.8 Å². The van der Waals surface area contributed by atoms with Gasteiger partial charge in [-0.1, -0.05) is 65.3 Å². The molecule has 1 saturated heterocycles. The van der Waals surface area contributed by atoms with E-state index in [1.165, 1.54) is 50.5 Å². The second-order valence-electron chi connectivity index (χ2n) is 10.1. The Morgan fingerprint density at radius 3 is 2.24 bits per heavy atom. The number of carbonyl (C=O) groups is 1. The molecule has 2 nitrogen and oxygen atoms in total. The van der Waals surface area contributed by atoms with Crippen LogP contribution < -0.4 is 0 Å². The zero-order chi connectivity index (χ0) is 21.4. The van der Waals surface area contributed by atoms with E-state index in [0.29, 0.717) is 11.8 Å². The number of rotatable bonds is 0. The van der Waals surface area contributed by atoms with Gasteiger partial charge in [0, 0.05) is 11.8 Å². The van der Waals surface area contributed by atoms with E-state index in [4.69, 9.17) is 4.74 Å². The molecule has 5 aliphatic rings. The zero-order valence-electron chi connectivity index (χ0n) is 19.9. The second kappa shape index (κ2) is 8.23. The van der Waals surface area contributed by atoms with Crippen LogP contribution in [0.4, 0.5) is 0 Å². The van der Waals surface area contributed by atoms with Gasteiger partial charge in [-0.3, -0.25) is 4.79 Å². The van der Waals surface area contributed by atoms with Crippen molar-refractivity contribution in [2.75, 3.05) is 0 Å². The van der Waals surface area contributed by atoms with Crippen molar-refractivity contribution in [2.24, 2.45) is 28.6 Å². The number of hydrogen-bond acceptors (Lipinski definition) is 2. The predicted molar refractivity (Wildman–Crippen MR) is 122 cm³/mol. The van der Waals surface area contributed by atoms with Crippen LogP contribution in [0.3, 0.4) is 0 Å². The molecule has 3 saturated carbocycles. The summed E-state index contributed by atoms with van der Waals surface area (Å²) in [6, 6.07) is 0. The molecule has 0 aromatic rings. The van der Waals surface area contributed by atoms with Crippen LogP contribution in [0, 0.1) is 28.6 Å². The molecular weight excluding hydrogens is 356 g/mol. The van der Waals surface area contributed by atoms with Crippen LogP contribution in [0.1, 0.15) is 106 Å². The maximum Gasteiger partial charge on any atom is 0.306 e. The highest BCUT2D eigenvalue weighted by Gasteiger charge is 2.66. The molecule has 0 amide bonds. The van der Waals surface area contributed by atoms with Gasteiger partial charge in [-0.15, -0.1) is 0 Å². The number of esters is 1. The van der Waals surface area contributed by atoms with Gasteiger partial charge in [-0.2, -0.15) is 0 Å². The molecule has 4 unspecified atom stereocenters. The Bertz CT molecular complexity index is 676. The van der Waals surface area contributed by atoms with E-state index in [-0.39, 0.29) is 17.0 Å². The van der Waals surface area contributed by atoms with E-state index >= 15 is 0 Å². The number of carbonyl (C=O) groups excluding carboxylic acids is 1. The molecule has 1 aliphatic heterocycles. The highest BCUT2D eigenvalue weighted by atomic mass is 16.6. The van der Waals surface area contributed by atoms with Crippen molar-refractivity contribution in [3.8, 4) is 0 Å². The zero-order valence-corrected chi connectivity index (χ0v) is 19.9. The fourth-order valence-electron chi connectivity index (χ4n) is 7.94. The number of ether oxygens (including phenoxy) is 1. The molecule has 1 heterocycles. The van der Waals surface area contributed by atoms with E-state index in [1.54, 1.807) is 5.57 Å². The standard InChI is InChI=1S/C23H32O2.2C2H6/c1-15-6-10-21(2)16(14-15)4-5-17-18(21)7-11-22(3)19(17)8-12-23(22)13-9-20(24)25-23;2*1-2/h14,17-19H,1,4-13H2,2-3H3;2*1-2H3/t17?,18?,19?,21-,22-,23?;;/m0../s1. The average Bonchev–Trinajstić information content (AvgIpc) is 3.26. The lowest BCUT2D eigenvalue weighted by molar-refractivity contribution is -0.167. The van der Waals surface area contributed by atoms with Gasteiger partial charge in [0.25, 0.3) is 0 Å². The first kappa shape index (κ1) is 22.6. The van der Waals surface area contributed by atoms with Gasteiger partial charge in [0.1, 0.15) is 5.60 Å². The van der Waals surface area contributed by atoms with E-state index in [0.717, 1.165) is 30.6 Å². The Kier molecular flexibility index (Phi) is 6.42. The summed E-state index contributed by atoms with van der Waals surface area (Å²) in [6.07, 6.45) is 14.1. The summed E-state index contributed by atoms with van der Waals surface area (Å²) in [7, 11) is 0. The van der Waals surface area contributed by atoms with Crippen LogP contribution >= 0.6 is 0 Å². The summed E-state index contributed by atoms with van der Waals surface area (Å²) in [5, 5.41) is 0. The van der Waals surface area contributed by atoms with Crippen molar-refractivity contribution in [1.29, 1.82) is 0 Å². The van der Waals surface area contributed by atoms with E-state index in [2.05, 4.69) is 26.5 Å². The van der Waals surface area contributed by atoms with Gasteiger partial charge < -0.3 is 4.74 Å². The van der Waals surface area contributed by atoms with Crippen molar-refractivity contribution >= 4 is 5.97 Å². The Morgan fingerprint density at radius 2 is 1.59 bits per heavy atom. The summed E-state index contributed by atoms with van der Waals surface area (Å²) in [6.45, 7) is 17.2. The maximum absolute atomic E-state index is 11.9. The van der Waals surface area contributed by atoms with Gasteiger partial charge in [0.05, 0.1) is 0 Å². The molecule has 0 aromatic carbocycles. The largest absolute Gasteiger partial charge is 0.458 e. The normalized spacial score (nSPS) is 44.9. The highest BCUT2D eigenvalue weighted by molar-refractivity contribution is 5.72. The van der Waals surface area contributed by atoms with Crippen LogP contribution in [-0.4, -0.2) is 11.6 Å². The van der Waals surface area contributed by atoms with E-state index in [9.17, 15) is 4.79 Å². The molecule has 5 rings (SSSR count). The number of fused-ring (bicyclic) bond motifs is 6. The van der Waals surface area contributed by atoms with Gasteiger partial charge in [-0.25, -0.2) is 0 Å². The minimum Gasteiger partial charge on any atom is -0.458 e. The Balaban J connectivity index is 0.000000568. The summed E-state index contributed by atoms with van der Waals surface area (Å²) >= 11 is 0. The first-order valence-electron chi connectivity index (χ1n) is 12.5. The van der Waals surface area contributed by atoms with Crippen molar-refractivity contribution < 1.29 is 9.53 Å². The first-order chi connectivity index (χ1) is 13.9. The minimum atomic E-state index is -0.127. The van der Waals surface area contributed by atoms with Crippen LogP contribution in [0.2, 0.25) is 0 Å². The molecule has 0 radical (unpaired) electrons. The third-order valence-corrected chi connectivity index (χ3v) is 9.41. The molecule has 4 aliphatic carbocycles. The lowest BCUT2D eigenvalue weighted by Crippen LogP contribution is -2.54. The SMILES string of the molecule is C=C1C=C2CCC3C(CC[C@@]4(C)C3CCC43CCC(=O)O3)[C@@]2(C)CC1.CC.CC. The van der Waals surface area contributed by atoms with Gasteiger partial charge in [0.2, 0.25) is 0 Å². The van der Waals surface area contributed by atoms with Crippen molar-refractivity contribution in [3.63, 3.8) is 0 Å². The van der Waals surface area contributed by atoms with Gasteiger partial charge >= 0.3 is 5.97 Å². The quantitative estimate of drug-likeness (QED) is 0.391. The fraction of sp³-hybridized carbons (Fsp3) is 0.815. The molecule has 1 spiro atoms. The summed E-state index contributed by atoms with van der Waals surface area (Å²) in [4.78, 5) is 11.9. The first-order valence-corrected chi connectivity index (χ1v) is 12.5. The molecule has 6 atom stereocenters. The molecule has 29 heavy (non-hydrogen) atoms. The lowest BCUT2D eigenvalue weighted by Gasteiger charge is -2.59. The Morgan fingerprint density at radius 1 is 0.897 bits per heavy atom. The van der Waals surface area contributed by atoms with Crippen LogP contribution in [0.25, 0.3) is 0 Å². The maximum atomic E-state index is 11.9. The third kappa shape index (κ3) is 3.24. The van der Waals surface area contributed by atoms with Gasteiger partial charge in [-0.05, 0) is 81.0 Å². The second-order valence-corrected chi connectivity index (χ2v) is 10.1. The van der Waals surface area contributed by atoms with E-state index < -0.39 is 0 Å². The summed E-state index contributed by atoms with van der Waals surface area (Å²) in [5.41, 5.74) is 3.51. The molecule has 0 bridgehead atoms. The van der Waals surface area contributed by atoms with E-state index in [1.807, 2.05) is 27.7 Å². The minimum absolute atomic E-state index is 0.0515. The molecular formula is C27H44O2. The highest BCUT2D eigenvalue weighted by Crippen LogP contribution is 2.69. The topological polar surface area (TPSA) is 26.3 Å². The third-order valence-electron chi connectivity index (χ3n) is 9.41. The van der Waals surface area contributed by atoms with Crippen molar-refractivity contribution in [3.05, 3.63) is 23.8 Å². The number of allylic oxidation sites excluding steroid dienone is 3. The Hall–Kier alpha value is -1.05. The summed E-state index contributed by atoms with van der Waals surface area (Å²) in [5.74, 6) is 2.45. The molecule has 0 aromatic heterocycles. The summed E-state index contributed by atoms with van der Waals surface area (Å²) < 4.78 is 6.05. The molecule has 164 valence electrons. The monoisotopic (exact) mass is 400 g/mol. The van der Waals surface area contributed by atoms with Gasteiger partial charge in [0.15, 0.2) is 0 Å². The van der Waals surface area contributed by atoms with Crippen LogP contribution in [-0.2, 0) is 9.53 Å².